The SMILES string of the molecule is COc1ccccc1N1CCN(CCCNS(=O)(=O)NC2CCCC2)CC1. The molecule has 2 N–H and O–H groups in total. The molecular weight excluding hydrogens is 364 g/mol. The molecule has 2 aliphatic rings. The molecule has 0 unspecified atom stereocenters. The molecule has 0 aromatic heterocycles. The fourth-order valence-electron chi connectivity index (χ4n) is 3.92. The molecule has 1 aromatic carbocycles. The van der Waals surface area contributed by atoms with Crippen molar-refractivity contribution in [1.82, 2.24) is 14.3 Å². The smallest absolute Gasteiger partial charge is 0.277 e. The Balaban J connectivity index is 1.35. The van der Waals surface area contributed by atoms with Crippen LogP contribution in [0.3, 0.4) is 0 Å². The van der Waals surface area contributed by atoms with Gasteiger partial charge in [0, 0.05) is 38.8 Å². The number of ether oxygens (including phenoxy) is 1. The Hall–Kier alpha value is -1.35. The molecule has 0 atom stereocenters. The molecule has 152 valence electrons. The van der Waals surface area contributed by atoms with Crippen LogP contribution in [0.25, 0.3) is 0 Å². The highest BCUT2D eigenvalue weighted by Gasteiger charge is 2.21. The Morgan fingerprint density at radius 2 is 1.81 bits per heavy atom. The van der Waals surface area contributed by atoms with Crippen LogP contribution in [-0.2, 0) is 10.2 Å². The molecule has 0 spiro atoms. The van der Waals surface area contributed by atoms with Crippen molar-refractivity contribution >= 4 is 15.9 Å². The summed E-state index contributed by atoms with van der Waals surface area (Å²) in [7, 11) is -1.66. The van der Waals surface area contributed by atoms with Crippen molar-refractivity contribution in [2.24, 2.45) is 0 Å². The number of nitrogens with one attached hydrogen (secondary N) is 2. The van der Waals surface area contributed by atoms with E-state index in [4.69, 9.17) is 4.74 Å². The summed E-state index contributed by atoms with van der Waals surface area (Å²) in [5.74, 6) is 0.912. The first-order chi connectivity index (χ1) is 13.1. The van der Waals surface area contributed by atoms with E-state index in [0.717, 1.165) is 76.3 Å². The van der Waals surface area contributed by atoms with E-state index in [9.17, 15) is 8.42 Å². The van der Waals surface area contributed by atoms with Crippen molar-refractivity contribution in [2.45, 2.75) is 38.1 Å². The summed E-state index contributed by atoms with van der Waals surface area (Å²) in [5.41, 5.74) is 1.14. The number of rotatable bonds is 9. The summed E-state index contributed by atoms with van der Waals surface area (Å²) >= 11 is 0. The number of piperazine rings is 1. The van der Waals surface area contributed by atoms with Gasteiger partial charge in [-0.25, -0.2) is 4.72 Å². The minimum atomic E-state index is -3.36. The molecule has 1 aliphatic heterocycles. The van der Waals surface area contributed by atoms with Crippen LogP contribution in [0, 0.1) is 0 Å². The zero-order valence-electron chi connectivity index (χ0n) is 16.2. The van der Waals surface area contributed by atoms with E-state index in [2.05, 4.69) is 25.3 Å². The van der Waals surface area contributed by atoms with Crippen LogP contribution in [0.15, 0.2) is 24.3 Å². The van der Waals surface area contributed by atoms with Crippen LogP contribution in [0.2, 0.25) is 0 Å². The molecule has 1 aliphatic carbocycles. The minimum absolute atomic E-state index is 0.116. The number of para-hydroxylation sites is 2. The lowest BCUT2D eigenvalue weighted by Crippen LogP contribution is -2.47. The summed E-state index contributed by atoms with van der Waals surface area (Å²) in [6.07, 6.45) is 4.97. The van der Waals surface area contributed by atoms with E-state index in [1.807, 2.05) is 18.2 Å². The van der Waals surface area contributed by atoms with Crippen molar-refractivity contribution in [3.8, 4) is 5.75 Å². The number of nitrogens with zero attached hydrogens (tertiary/aromatic N) is 2. The van der Waals surface area contributed by atoms with Gasteiger partial charge in [0.1, 0.15) is 5.75 Å². The fraction of sp³-hybridized carbons (Fsp3) is 0.684. The highest BCUT2D eigenvalue weighted by atomic mass is 32.2. The third-order valence-corrected chi connectivity index (χ3v) is 6.65. The predicted molar refractivity (Wildman–Crippen MR) is 109 cm³/mol. The van der Waals surface area contributed by atoms with Gasteiger partial charge in [0.2, 0.25) is 0 Å². The molecule has 1 aromatic rings. The van der Waals surface area contributed by atoms with Gasteiger partial charge in [-0.2, -0.15) is 13.1 Å². The number of methoxy groups -OCH3 is 1. The van der Waals surface area contributed by atoms with Gasteiger partial charge in [0.15, 0.2) is 0 Å². The van der Waals surface area contributed by atoms with Crippen LogP contribution in [0.4, 0.5) is 5.69 Å². The topological polar surface area (TPSA) is 73.9 Å². The highest BCUT2D eigenvalue weighted by Crippen LogP contribution is 2.28. The maximum atomic E-state index is 12.0. The Kier molecular flexibility index (Phi) is 7.34. The van der Waals surface area contributed by atoms with Crippen molar-refractivity contribution in [1.29, 1.82) is 0 Å². The molecule has 8 heteroatoms. The first kappa shape index (κ1) is 20.4. The molecule has 0 amide bonds. The van der Waals surface area contributed by atoms with Gasteiger partial charge in [0.05, 0.1) is 12.8 Å². The minimum Gasteiger partial charge on any atom is -0.495 e. The maximum absolute atomic E-state index is 12.0. The van der Waals surface area contributed by atoms with Crippen LogP contribution in [-0.4, -0.2) is 65.7 Å². The number of hydrogen-bond donors (Lipinski definition) is 2. The first-order valence-corrected chi connectivity index (χ1v) is 11.4. The van der Waals surface area contributed by atoms with E-state index in [-0.39, 0.29) is 6.04 Å². The molecule has 27 heavy (non-hydrogen) atoms. The zero-order chi connectivity index (χ0) is 19.1. The van der Waals surface area contributed by atoms with Gasteiger partial charge < -0.3 is 9.64 Å². The van der Waals surface area contributed by atoms with E-state index >= 15 is 0 Å². The second kappa shape index (κ2) is 9.73. The fourth-order valence-corrected chi connectivity index (χ4v) is 5.09. The second-order valence-corrected chi connectivity index (χ2v) is 8.88. The normalized spacial score (nSPS) is 19.5. The van der Waals surface area contributed by atoms with Gasteiger partial charge in [-0.3, -0.25) is 4.90 Å². The number of anilines is 1. The number of hydrogen-bond acceptors (Lipinski definition) is 5. The van der Waals surface area contributed by atoms with Crippen molar-refractivity contribution in [3.05, 3.63) is 24.3 Å². The Morgan fingerprint density at radius 3 is 2.52 bits per heavy atom. The van der Waals surface area contributed by atoms with Crippen molar-refractivity contribution in [2.75, 3.05) is 51.3 Å². The summed E-state index contributed by atoms with van der Waals surface area (Å²) < 4.78 is 35.0. The highest BCUT2D eigenvalue weighted by molar-refractivity contribution is 7.87. The molecule has 0 bridgehead atoms. The first-order valence-electron chi connectivity index (χ1n) is 9.94. The van der Waals surface area contributed by atoms with E-state index in [0.29, 0.717) is 6.54 Å². The van der Waals surface area contributed by atoms with Crippen LogP contribution < -0.4 is 19.1 Å². The van der Waals surface area contributed by atoms with Gasteiger partial charge in [-0.05, 0) is 37.9 Å². The standard InChI is InChI=1S/C19H32N4O3S/c1-26-19-10-5-4-9-18(19)23-15-13-22(14-16-23)12-6-11-20-27(24,25)21-17-7-2-3-8-17/h4-5,9-10,17,20-21H,2-3,6-8,11-16H2,1H3. The second-order valence-electron chi connectivity index (χ2n) is 7.35. The predicted octanol–water partition coefficient (Wildman–Crippen LogP) is 1.57. The number of benzene rings is 1. The van der Waals surface area contributed by atoms with Crippen LogP contribution in [0.1, 0.15) is 32.1 Å². The monoisotopic (exact) mass is 396 g/mol. The van der Waals surface area contributed by atoms with E-state index < -0.39 is 10.2 Å². The Bertz CT molecular complexity index is 684. The van der Waals surface area contributed by atoms with Crippen LogP contribution in [0.5, 0.6) is 5.75 Å². The zero-order valence-corrected chi connectivity index (χ0v) is 17.0. The summed E-state index contributed by atoms with van der Waals surface area (Å²) in [4.78, 5) is 4.74. The quantitative estimate of drug-likeness (QED) is 0.620. The average Bonchev–Trinajstić information content (AvgIpc) is 3.18. The lowest BCUT2D eigenvalue weighted by Gasteiger charge is -2.36. The molecule has 1 saturated carbocycles. The third-order valence-electron chi connectivity index (χ3n) is 5.42. The largest absolute Gasteiger partial charge is 0.495 e. The average molecular weight is 397 g/mol. The van der Waals surface area contributed by atoms with E-state index in [1.165, 1.54) is 0 Å². The summed E-state index contributed by atoms with van der Waals surface area (Å²) in [6, 6.07) is 8.23. The molecule has 1 saturated heterocycles. The van der Waals surface area contributed by atoms with Gasteiger partial charge >= 0.3 is 0 Å². The van der Waals surface area contributed by atoms with Crippen molar-refractivity contribution < 1.29 is 13.2 Å². The van der Waals surface area contributed by atoms with Gasteiger partial charge in [0.25, 0.3) is 10.2 Å². The molecule has 2 fully saturated rings. The molecule has 0 radical (unpaired) electrons. The molecular formula is C19H32N4O3S. The molecule has 3 rings (SSSR count). The third kappa shape index (κ3) is 6.07. The maximum Gasteiger partial charge on any atom is 0.277 e. The summed E-state index contributed by atoms with van der Waals surface area (Å²) in [6.45, 7) is 5.25. The Morgan fingerprint density at radius 1 is 1.11 bits per heavy atom. The summed E-state index contributed by atoms with van der Waals surface area (Å²) in [5, 5.41) is 0. The lowest BCUT2D eigenvalue weighted by molar-refractivity contribution is 0.254. The Labute approximate surface area is 163 Å². The van der Waals surface area contributed by atoms with Gasteiger partial charge in [-0.15, -0.1) is 0 Å². The molecule has 7 nitrogen and oxygen atoms in total. The van der Waals surface area contributed by atoms with Crippen LogP contribution >= 0.6 is 0 Å². The lowest BCUT2D eigenvalue weighted by atomic mass is 10.2. The van der Waals surface area contributed by atoms with Crippen molar-refractivity contribution in [3.63, 3.8) is 0 Å². The van der Waals surface area contributed by atoms with E-state index in [1.54, 1.807) is 7.11 Å². The molecule has 1 heterocycles. The van der Waals surface area contributed by atoms with Gasteiger partial charge in [-0.1, -0.05) is 25.0 Å².